The number of hydrogen-bond acceptors (Lipinski definition) is 0. The molecular formula is C25H36N+. The van der Waals surface area contributed by atoms with Crippen molar-refractivity contribution in [3.05, 3.63) is 52.8 Å². The molecule has 1 nitrogen and oxygen atoms in total. The molecular weight excluding hydrogens is 314 g/mol. The molecule has 1 aromatic heterocycles. The van der Waals surface area contributed by atoms with Gasteiger partial charge in [-0.05, 0) is 72.9 Å². The first-order valence-corrected chi connectivity index (χ1v) is 9.56. The van der Waals surface area contributed by atoms with Crippen LogP contribution < -0.4 is 4.57 Å². The first-order chi connectivity index (χ1) is 15.4. The van der Waals surface area contributed by atoms with Crippen LogP contribution in [0.1, 0.15) is 98.5 Å². The molecule has 1 saturated carbocycles. The molecule has 1 aliphatic rings. The summed E-state index contributed by atoms with van der Waals surface area (Å²) in [6, 6.07) is 4.79. The Balaban J connectivity index is 2.31. The molecule has 26 heavy (non-hydrogen) atoms. The van der Waals surface area contributed by atoms with Crippen molar-refractivity contribution in [1.29, 1.82) is 0 Å². The quantitative estimate of drug-likeness (QED) is 0.544. The monoisotopic (exact) mass is 358 g/mol. The highest BCUT2D eigenvalue weighted by molar-refractivity contribution is 5.70. The topological polar surface area (TPSA) is 3.88 Å². The number of pyridine rings is 1. The van der Waals surface area contributed by atoms with Crippen molar-refractivity contribution in [3.63, 3.8) is 0 Å². The Morgan fingerprint density at radius 2 is 1.85 bits per heavy atom. The van der Waals surface area contributed by atoms with E-state index in [2.05, 4.69) is 13.8 Å². The van der Waals surface area contributed by atoms with Gasteiger partial charge in [0, 0.05) is 27.1 Å². The van der Waals surface area contributed by atoms with E-state index in [-0.39, 0.29) is 39.6 Å². The van der Waals surface area contributed by atoms with E-state index in [1.54, 1.807) is 23.7 Å². The molecule has 3 rings (SSSR count). The lowest BCUT2D eigenvalue weighted by Gasteiger charge is -2.34. The molecule has 0 aliphatic heterocycles. The lowest BCUT2D eigenvalue weighted by Crippen LogP contribution is -2.34. The number of aromatic nitrogens is 1. The predicted molar refractivity (Wildman–Crippen MR) is 112 cm³/mol. The molecule has 1 heteroatoms. The SMILES string of the molecule is [2H]c1cc(C2([2H])CCC(C)(C)CC2)cc(C([2H])([2H])[2H])c1-c1cc(C(C)C)[n+](C)cc1C([2H])([2H])[2H]. The summed E-state index contributed by atoms with van der Waals surface area (Å²) in [7, 11) is 1.78. The van der Waals surface area contributed by atoms with Crippen molar-refractivity contribution in [3.8, 4) is 11.1 Å². The summed E-state index contributed by atoms with van der Waals surface area (Å²) in [6.07, 6.45) is 4.43. The van der Waals surface area contributed by atoms with Crippen LogP contribution in [-0.4, -0.2) is 0 Å². The molecule has 0 unspecified atom stereocenters. The molecule has 0 saturated heterocycles. The minimum atomic E-state index is -2.56. The van der Waals surface area contributed by atoms with E-state index < -0.39 is 19.6 Å². The number of rotatable bonds is 3. The second-order valence-electron chi connectivity index (χ2n) is 8.74. The van der Waals surface area contributed by atoms with Crippen molar-refractivity contribution in [2.75, 3.05) is 0 Å². The summed E-state index contributed by atoms with van der Waals surface area (Å²) < 4.78 is 68.7. The van der Waals surface area contributed by atoms with Gasteiger partial charge in [-0.1, -0.05) is 45.9 Å². The second kappa shape index (κ2) is 7.18. The van der Waals surface area contributed by atoms with Crippen LogP contribution in [0.5, 0.6) is 0 Å². The van der Waals surface area contributed by atoms with Gasteiger partial charge in [-0.25, -0.2) is 4.57 Å². The second-order valence-corrected chi connectivity index (χ2v) is 8.74. The van der Waals surface area contributed by atoms with E-state index in [0.29, 0.717) is 18.4 Å². The van der Waals surface area contributed by atoms with Gasteiger partial charge < -0.3 is 0 Å². The van der Waals surface area contributed by atoms with Crippen LogP contribution in [0.15, 0.2) is 30.4 Å². The van der Waals surface area contributed by atoms with E-state index in [4.69, 9.17) is 11.0 Å². The molecule has 140 valence electrons. The van der Waals surface area contributed by atoms with E-state index in [1.807, 2.05) is 13.8 Å². The minimum absolute atomic E-state index is 0.0196. The van der Waals surface area contributed by atoms with Crippen LogP contribution in [0, 0.1) is 19.1 Å². The molecule has 0 radical (unpaired) electrons. The van der Waals surface area contributed by atoms with Crippen LogP contribution >= 0.6 is 0 Å². The normalized spacial score (nSPS) is 24.4. The van der Waals surface area contributed by atoms with Gasteiger partial charge in [0.25, 0.3) is 0 Å². The number of benzene rings is 1. The molecule has 0 atom stereocenters. The maximum absolute atomic E-state index is 9.11. The maximum Gasteiger partial charge on any atom is 0.184 e. The van der Waals surface area contributed by atoms with Gasteiger partial charge in [-0.15, -0.1) is 0 Å². The van der Waals surface area contributed by atoms with E-state index >= 15 is 0 Å². The van der Waals surface area contributed by atoms with Gasteiger partial charge in [-0.2, -0.15) is 0 Å². The highest BCUT2D eigenvalue weighted by atomic mass is 14.9. The molecule has 1 aromatic carbocycles. The highest BCUT2D eigenvalue weighted by Gasteiger charge is 2.28. The molecule has 2 aromatic rings. The smallest absolute Gasteiger partial charge is 0.184 e. The Kier molecular flexibility index (Phi) is 3.11. The summed E-state index contributed by atoms with van der Waals surface area (Å²) >= 11 is 0. The standard InChI is InChI=1S/C25H36N/c1-17(2)24-15-23(19(4)16-26(24)7)22-9-8-21(14-18(22)3)20-10-12-25(5,6)13-11-20/h8-9,14-17,20H,10-13H2,1-7H3/q+1/i3D3,4D3,9D,20D. The van der Waals surface area contributed by atoms with Gasteiger partial charge in [0.2, 0.25) is 0 Å². The van der Waals surface area contributed by atoms with Gasteiger partial charge >= 0.3 is 0 Å². The van der Waals surface area contributed by atoms with Crippen molar-refractivity contribution in [1.82, 2.24) is 0 Å². The fourth-order valence-corrected chi connectivity index (χ4v) is 3.89. The third-order valence-electron chi connectivity index (χ3n) is 5.73. The minimum Gasteiger partial charge on any atom is -0.205 e. The van der Waals surface area contributed by atoms with Gasteiger partial charge in [0.15, 0.2) is 11.9 Å². The number of hydrogen-bond donors (Lipinski definition) is 0. The first kappa shape index (κ1) is 11.3. The summed E-state index contributed by atoms with van der Waals surface area (Å²) in [4.78, 5) is 0. The highest BCUT2D eigenvalue weighted by Crippen LogP contribution is 2.43. The fourth-order valence-electron chi connectivity index (χ4n) is 3.89. The summed E-state index contributed by atoms with van der Waals surface area (Å²) in [5, 5.41) is 0. The molecule has 0 N–H and O–H groups in total. The first-order valence-electron chi connectivity index (χ1n) is 13.6. The van der Waals surface area contributed by atoms with E-state index in [0.717, 1.165) is 18.5 Å². The maximum atomic E-state index is 9.11. The fraction of sp³-hybridized carbons (Fsp3) is 0.560. The van der Waals surface area contributed by atoms with Crippen molar-refractivity contribution in [2.24, 2.45) is 12.5 Å². The predicted octanol–water partition coefficient (Wildman–Crippen LogP) is 6.60. The van der Waals surface area contributed by atoms with Crippen LogP contribution in [0.4, 0.5) is 0 Å². The summed E-state index contributed by atoms with van der Waals surface area (Å²) in [5.74, 6) is -0.885. The van der Waals surface area contributed by atoms with E-state index in [9.17, 15) is 0 Å². The molecule has 0 amide bonds. The molecule has 0 spiro atoms. The number of aryl methyl sites for hydroxylation is 3. The zero-order valence-corrected chi connectivity index (χ0v) is 16.7. The van der Waals surface area contributed by atoms with Crippen LogP contribution in [0.2, 0.25) is 0 Å². The van der Waals surface area contributed by atoms with Crippen LogP contribution in [-0.2, 0) is 7.05 Å². The van der Waals surface area contributed by atoms with Crippen LogP contribution in [0.25, 0.3) is 11.1 Å². The average molecular weight is 359 g/mol. The molecule has 1 aliphatic carbocycles. The van der Waals surface area contributed by atoms with Crippen molar-refractivity contribution < 1.29 is 15.5 Å². The molecule has 1 heterocycles. The van der Waals surface area contributed by atoms with E-state index in [1.165, 1.54) is 12.3 Å². The Bertz CT molecular complexity index is 1070. The van der Waals surface area contributed by atoms with Crippen molar-refractivity contribution >= 4 is 0 Å². The third-order valence-corrected chi connectivity index (χ3v) is 5.73. The van der Waals surface area contributed by atoms with Gasteiger partial charge in [0.1, 0.15) is 7.05 Å². The summed E-state index contributed by atoms with van der Waals surface area (Å²) in [5.41, 5.74) is 1.86. The van der Waals surface area contributed by atoms with Gasteiger partial charge in [0.05, 0.1) is 1.37 Å². The Morgan fingerprint density at radius 1 is 1.15 bits per heavy atom. The average Bonchev–Trinajstić information content (AvgIpc) is 2.68. The lowest BCUT2D eigenvalue weighted by molar-refractivity contribution is -0.680. The summed E-state index contributed by atoms with van der Waals surface area (Å²) in [6.45, 7) is 3.28. The third kappa shape index (κ3) is 3.87. The van der Waals surface area contributed by atoms with Crippen molar-refractivity contribution in [2.45, 2.75) is 78.9 Å². The lowest BCUT2D eigenvalue weighted by atomic mass is 9.71. The van der Waals surface area contributed by atoms with Crippen LogP contribution in [0.3, 0.4) is 0 Å². The largest absolute Gasteiger partial charge is 0.205 e. The zero-order chi connectivity index (χ0) is 25.9. The van der Waals surface area contributed by atoms with Gasteiger partial charge in [-0.3, -0.25) is 0 Å². The Morgan fingerprint density at radius 3 is 2.46 bits per heavy atom. The zero-order valence-electron chi connectivity index (χ0n) is 24.7. The molecule has 0 bridgehead atoms. The number of nitrogens with zero attached hydrogens (tertiary/aromatic N) is 1. The Labute approximate surface area is 171 Å². The molecule has 1 fully saturated rings. The Hall–Kier alpha value is -1.63.